The van der Waals surface area contributed by atoms with Crippen LogP contribution in [0.15, 0.2) is 30.3 Å². The van der Waals surface area contributed by atoms with Gasteiger partial charge in [0.05, 0.1) is 11.4 Å². The summed E-state index contributed by atoms with van der Waals surface area (Å²) in [6, 6.07) is 10.6. The first kappa shape index (κ1) is 13.9. The minimum Gasteiger partial charge on any atom is -0.377 e. The fraction of sp³-hybridized carbons (Fsp3) is 0.312. The molecule has 0 amide bonds. The van der Waals surface area contributed by atoms with Crippen molar-refractivity contribution in [3.05, 3.63) is 57.9 Å². The van der Waals surface area contributed by atoms with Gasteiger partial charge in [0, 0.05) is 6.04 Å². The van der Waals surface area contributed by atoms with Crippen molar-refractivity contribution in [2.24, 2.45) is 0 Å². The summed E-state index contributed by atoms with van der Waals surface area (Å²) in [5.74, 6) is 0. The molecule has 0 radical (unpaired) electrons. The number of aromatic nitrogens is 1. The molecule has 1 aromatic heterocycles. The number of aryl methyl sites for hydroxylation is 3. The molecule has 0 saturated carbocycles. The van der Waals surface area contributed by atoms with Gasteiger partial charge >= 0.3 is 0 Å². The number of nitrogens with zero attached hydrogens (tertiary/aromatic N) is 1. The average Bonchev–Trinajstić information content (AvgIpc) is 2.32. The van der Waals surface area contributed by atoms with E-state index in [1.165, 1.54) is 16.7 Å². The van der Waals surface area contributed by atoms with E-state index in [9.17, 15) is 0 Å². The lowest BCUT2D eigenvalue weighted by molar-refractivity contribution is 0.868. The minimum atomic E-state index is 0.238. The van der Waals surface area contributed by atoms with Crippen molar-refractivity contribution < 1.29 is 0 Å². The molecule has 0 spiro atoms. The fourth-order valence-corrected chi connectivity index (χ4v) is 2.50. The summed E-state index contributed by atoms with van der Waals surface area (Å²) in [5.41, 5.74) is 5.85. The van der Waals surface area contributed by atoms with Gasteiger partial charge in [-0.2, -0.15) is 0 Å². The zero-order valence-electron chi connectivity index (χ0n) is 11.8. The second-order valence-corrected chi connectivity index (χ2v) is 5.38. The van der Waals surface area contributed by atoms with E-state index < -0.39 is 0 Å². The number of hydrogen-bond donors (Lipinski definition) is 1. The fourth-order valence-electron chi connectivity index (χ4n) is 2.31. The van der Waals surface area contributed by atoms with Gasteiger partial charge in [0.1, 0.15) is 5.15 Å². The summed E-state index contributed by atoms with van der Waals surface area (Å²) in [4.78, 5) is 4.26. The van der Waals surface area contributed by atoms with Crippen molar-refractivity contribution in [2.45, 2.75) is 33.7 Å². The van der Waals surface area contributed by atoms with Crippen LogP contribution in [0.4, 0.5) is 5.69 Å². The van der Waals surface area contributed by atoms with E-state index >= 15 is 0 Å². The maximum Gasteiger partial charge on any atom is 0.129 e. The number of rotatable bonds is 3. The van der Waals surface area contributed by atoms with Crippen LogP contribution in [0.25, 0.3) is 0 Å². The highest BCUT2D eigenvalue weighted by molar-refractivity contribution is 6.29. The summed E-state index contributed by atoms with van der Waals surface area (Å²) < 4.78 is 0. The van der Waals surface area contributed by atoms with E-state index in [2.05, 4.69) is 49.3 Å². The molecule has 0 aliphatic heterocycles. The third-order valence-electron chi connectivity index (χ3n) is 3.32. The summed E-state index contributed by atoms with van der Waals surface area (Å²) >= 11 is 5.87. The summed E-state index contributed by atoms with van der Waals surface area (Å²) in [5, 5.41) is 4.02. The maximum atomic E-state index is 5.87. The van der Waals surface area contributed by atoms with Gasteiger partial charge in [0.15, 0.2) is 0 Å². The van der Waals surface area contributed by atoms with Gasteiger partial charge in [-0.15, -0.1) is 0 Å². The largest absolute Gasteiger partial charge is 0.377 e. The zero-order valence-corrected chi connectivity index (χ0v) is 12.5. The molecule has 2 rings (SSSR count). The first-order chi connectivity index (χ1) is 8.97. The van der Waals surface area contributed by atoms with Crippen LogP contribution in [0, 0.1) is 20.8 Å². The molecule has 1 atom stereocenters. The molecule has 0 saturated heterocycles. The topological polar surface area (TPSA) is 24.9 Å². The molecule has 0 aliphatic rings. The molecular formula is C16H19ClN2. The van der Waals surface area contributed by atoms with Gasteiger partial charge < -0.3 is 5.32 Å². The van der Waals surface area contributed by atoms with Crippen LogP contribution in [0.3, 0.4) is 0 Å². The standard InChI is InChI=1S/C16H19ClN2/c1-10-5-6-14(11(2)9-10)12(3)18-15-7-8-16(17)19-13(15)4/h5-9,12,18H,1-4H3. The molecule has 19 heavy (non-hydrogen) atoms. The Morgan fingerprint density at radius 3 is 2.47 bits per heavy atom. The maximum absolute atomic E-state index is 5.87. The Kier molecular flexibility index (Phi) is 4.11. The van der Waals surface area contributed by atoms with Crippen LogP contribution in [0.2, 0.25) is 5.15 Å². The number of hydrogen-bond acceptors (Lipinski definition) is 2. The highest BCUT2D eigenvalue weighted by Crippen LogP contribution is 2.25. The van der Waals surface area contributed by atoms with Gasteiger partial charge in [0.25, 0.3) is 0 Å². The highest BCUT2D eigenvalue weighted by atomic mass is 35.5. The van der Waals surface area contributed by atoms with E-state index in [0.29, 0.717) is 5.15 Å². The molecule has 0 fully saturated rings. The zero-order chi connectivity index (χ0) is 14.0. The average molecular weight is 275 g/mol. The molecule has 0 aliphatic carbocycles. The molecule has 2 nitrogen and oxygen atoms in total. The second-order valence-electron chi connectivity index (χ2n) is 4.99. The highest BCUT2D eigenvalue weighted by Gasteiger charge is 2.10. The van der Waals surface area contributed by atoms with Gasteiger partial charge in [-0.3, -0.25) is 0 Å². The van der Waals surface area contributed by atoms with Crippen molar-refractivity contribution >= 4 is 17.3 Å². The summed E-state index contributed by atoms with van der Waals surface area (Å²) in [6.07, 6.45) is 0. The van der Waals surface area contributed by atoms with E-state index in [1.807, 2.05) is 19.1 Å². The van der Waals surface area contributed by atoms with Crippen LogP contribution in [0.1, 0.15) is 35.3 Å². The van der Waals surface area contributed by atoms with Crippen molar-refractivity contribution in [3.63, 3.8) is 0 Å². The van der Waals surface area contributed by atoms with Gasteiger partial charge in [-0.1, -0.05) is 35.4 Å². The second kappa shape index (κ2) is 5.62. The molecule has 0 bridgehead atoms. The molecular weight excluding hydrogens is 256 g/mol. The Labute approximate surface area is 119 Å². The summed E-state index contributed by atoms with van der Waals surface area (Å²) in [7, 11) is 0. The van der Waals surface area contributed by atoms with E-state index in [0.717, 1.165) is 11.4 Å². The number of pyridine rings is 1. The lowest BCUT2D eigenvalue weighted by atomic mass is 10.00. The Hall–Kier alpha value is -1.54. The molecule has 1 aromatic carbocycles. The Balaban J connectivity index is 2.23. The SMILES string of the molecule is Cc1ccc(C(C)Nc2ccc(Cl)nc2C)c(C)c1. The molecule has 100 valence electrons. The Bertz CT molecular complexity index is 593. The number of benzene rings is 1. The van der Waals surface area contributed by atoms with Crippen LogP contribution in [0.5, 0.6) is 0 Å². The Morgan fingerprint density at radius 2 is 1.84 bits per heavy atom. The van der Waals surface area contributed by atoms with Crippen LogP contribution in [-0.2, 0) is 0 Å². The Morgan fingerprint density at radius 1 is 1.11 bits per heavy atom. The van der Waals surface area contributed by atoms with Gasteiger partial charge in [0.2, 0.25) is 0 Å². The van der Waals surface area contributed by atoms with Crippen molar-refractivity contribution in [1.82, 2.24) is 4.98 Å². The van der Waals surface area contributed by atoms with Gasteiger partial charge in [-0.05, 0) is 51.0 Å². The molecule has 1 unspecified atom stereocenters. The van der Waals surface area contributed by atoms with Crippen LogP contribution < -0.4 is 5.32 Å². The van der Waals surface area contributed by atoms with E-state index in [-0.39, 0.29) is 6.04 Å². The summed E-state index contributed by atoms with van der Waals surface area (Å²) in [6.45, 7) is 8.38. The molecule has 1 N–H and O–H groups in total. The van der Waals surface area contributed by atoms with Crippen LogP contribution in [-0.4, -0.2) is 4.98 Å². The predicted octanol–water partition coefficient (Wildman–Crippen LogP) is 4.83. The van der Waals surface area contributed by atoms with E-state index in [4.69, 9.17) is 11.6 Å². The predicted molar refractivity (Wildman–Crippen MR) is 81.9 cm³/mol. The molecule has 2 aromatic rings. The first-order valence-electron chi connectivity index (χ1n) is 6.44. The smallest absolute Gasteiger partial charge is 0.129 e. The molecule has 3 heteroatoms. The third-order valence-corrected chi connectivity index (χ3v) is 3.53. The van der Waals surface area contributed by atoms with E-state index in [1.54, 1.807) is 0 Å². The van der Waals surface area contributed by atoms with Crippen molar-refractivity contribution in [1.29, 1.82) is 0 Å². The van der Waals surface area contributed by atoms with Gasteiger partial charge in [-0.25, -0.2) is 4.98 Å². The van der Waals surface area contributed by atoms with Crippen molar-refractivity contribution in [3.8, 4) is 0 Å². The normalized spacial score (nSPS) is 12.3. The van der Waals surface area contributed by atoms with Crippen LogP contribution >= 0.6 is 11.6 Å². The quantitative estimate of drug-likeness (QED) is 0.811. The first-order valence-corrected chi connectivity index (χ1v) is 6.82. The monoisotopic (exact) mass is 274 g/mol. The minimum absolute atomic E-state index is 0.238. The molecule has 1 heterocycles. The number of anilines is 1. The number of nitrogens with one attached hydrogen (secondary N) is 1. The van der Waals surface area contributed by atoms with Crippen molar-refractivity contribution in [2.75, 3.05) is 5.32 Å². The lowest BCUT2D eigenvalue weighted by Gasteiger charge is -2.19. The third kappa shape index (κ3) is 3.27. The number of halogens is 1. The lowest BCUT2D eigenvalue weighted by Crippen LogP contribution is -2.09.